The minimum Gasteiger partial charge on any atom is -0.367 e. The van der Waals surface area contributed by atoms with Gasteiger partial charge in [-0.05, 0) is 31.8 Å². The van der Waals surface area contributed by atoms with Crippen molar-refractivity contribution < 1.29 is 22.0 Å². The van der Waals surface area contributed by atoms with Gasteiger partial charge in [0.15, 0.2) is 23.3 Å². The van der Waals surface area contributed by atoms with E-state index in [1.54, 1.807) is 0 Å². The summed E-state index contributed by atoms with van der Waals surface area (Å²) in [4.78, 5) is 1.23. The van der Waals surface area contributed by atoms with Gasteiger partial charge in [0.1, 0.15) is 5.69 Å². The number of halogens is 5. The maximum atomic E-state index is 13.7. The molecule has 1 aromatic carbocycles. The van der Waals surface area contributed by atoms with Crippen LogP contribution in [0.2, 0.25) is 0 Å². The second-order valence-corrected chi connectivity index (χ2v) is 5.16. The van der Waals surface area contributed by atoms with Gasteiger partial charge in [0, 0.05) is 13.1 Å². The van der Waals surface area contributed by atoms with E-state index in [0.717, 1.165) is 13.1 Å². The average Bonchev–Trinajstić information content (AvgIpc) is 2.50. The van der Waals surface area contributed by atoms with Crippen LogP contribution in [0.25, 0.3) is 0 Å². The van der Waals surface area contributed by atoms with Crippen LogP contribution in [0.4, 0.5) is 27.6 Å². The van der Waals surface area contributed by atoms with E-state index in [1.165, 1.54) is 4.90 Å². The molecule has 1 aliphatic rings. The normalized spacial score (nSPS) is 16.6. The summed E-state index contributed by atoms with van der Waals surface area (Å²) in [5.41, 5.74) is -0.812. The van der Waals surface area contributed by atoms with Gasteiger partial charge in [-0.2, -0.15) is 0 Å². The first-order valence-electron chi connectivity index (χ1n) is 6.94. The highest BCUT2D eigenvalue weighted by molar-refractivity contribution is 5.50. The lowest BCUT2D eigenvalue weighted by Crippen LogP contribution is -2.38. The SMILES string of the molecule is CCNCC1CCN(c2c(F)c(F)c(F)c(F)c2F)CC1. The Kier molecular flexibility index (Phi) is 5.03. The third kappa shape index (κ3) is 3.12. The first-order chi connectivity index (χ1) is 9.97. The highest BCUT2D eigenvalue weighted by Gasteiger charge is 2.30. The number of hydrogen-bond acceptors (Lipinski definition) is 2. The van der Waals surface area contributed by atoms with Gasteiger partial charge in [-0.15, -0.1) is 0 Å². The molecule has 7 heteroatoms. The Hall–Kier alpha value is -1.37. The second-order valence-electron chi connectivity index (χ2n) is 5.16. The van der Waals surface area contributed by atoms with E-state index in [0.29, 0.717) is 18.8 Å². The summed E-state index contributed by atoms with van der Waals surface area (Å²) < 4.78 is 66.8. The monoisotopic (exact) mass is 308 g/mol. The quantitative estimate of drug-likeness (QED) is 0.522. The molecule has 118 valence electrons. The molecular formula is C14H17F5N2. The van der Waals surface area contributed by atoms with Crippen molar-refractivity contribution in [2.75, 3.05) is 31.1 Å². The third-order valence-electron chi connectivity index (χ3n) is 3.80. The molecule has 0 aliphatic carbocycles. The van der Waals surface area contributed by atoms with Gasteiger partial charge < -0.3 is 10.2 Å². The van der Waals surface area contributed by atoms with Crippen LogP contribution >= 0.6 is 0 Å². The number of benzene rings is 1. The molecule has 0 atom stereocenters. The van der Waals surface area contributed by atoms with Crippen molar-refractivity contribution in [2.24, 2.45) is 5.92 Å². The van der Waals surface area contributed by atoms with Crippen LogP contribution in [0.15, 0.2) is 0 Å². The third-order valence-corrected chi connectivity index (χ3v) is 3.80. The molecule has 1 aromatic rings. The van der Waals surface area contributed by atoms with Crippen LogP contribution in [0.3, 0.4) is 0 Å². The Bertz CT molecular complexity index is 484. The first-order valence-corrected chi connectivity index (χ1v) is 6.94. The van der Waals surface area contributed by atoms with E-state index in [9.17, 15) is 22.0 Å². The van der Waals surface area contributed by atoms with Gasteiger partial charge in [0.05, 0.1) is 0 Å². The lowest BCUT2D eigenvalue weighted by atomic mass is 9.96. The number of nitrogens with one attached hydrogen (secondary N) is 1. The van der Waals surface area contributed by atoms with E-state index in [2.05, 4.69) is 5.32 Å². The fourth-order valence-corrected chi connectivity index (χ4v) is 2.58. The topological polar surface area (TPSA) is 15.3 Å². The Labute approximate surface area is 119 Å². The molecule has 0 amide bonds. The van der Waals surface area contributed by atoms with Crippen LogP contribution in [0.5, 0.6) is 0 Å². The molecule has 1 heterocycles. The van der Waals surface area contributed by atoms with Crippen molar-refractivity contribution in [2.45, 2.75) is 19.8 Å². The van der Waals surface area contributed by atoms with E-state index >= 15 is 0 Å². The largest absolute Gasteiger partial charge is 0.367 e. The standard InChI is InChI=1S/C14H17F5N2/c1-2-20-7-8-3-5-21(6-4-8)14-12(18)10(16)9(15)11(17)13(14)19/h8,20H,2-7H2,1H3. The number of anilines is 1. The molecule has 1 N–H and O–H groups in total. The Morgan fingerprint density at radius 3 is 1.86 bits per heavy atom. The summed E-state index contributed by atoms with van der Waals surface area (Å²) in [5.74, 6) is -9.05. The highest BCUT2D eigenvalue weighted by atomic mass is 19.2. The number of piperidine rings is 1. The Morgan fingerprint density at radius 2 is 1.38 bits per heavy atom. The number of nitrogens with zero attached hydrogens (tertiary/aromatic N) is 1. The molecule has 1 saturated heterocycles. The fraction of sp³-hybridized carbons (Fsp3) is 0.571. The summed E-state index contributed by atoms with van der Waals surface area (Å²) in [5, 5.41) is 3.18. The van der Waals surface area contributed by atoms with Gasteiger partial charge >= 0.3 is 0 Å². The average molecular weight is 308 g/mol. The first kappa shape index (κ1) is 16.0. The molecule has 0 bridgehead atoms. The van der Waals surface area contributed by atoms with Crippen LogP contribution in [-0.4, -0.2) is 26.2 Å². The smallest absolute Gasteiger partial charge is 0.200 e. The lowest BCUT2D eigenvalue weighted by molar-refractivity contribution is 0.360. The number of hydrogen-bond donors (Lipinski definition) is 1. The summed E-state index contributed by atoms with van der Waals surface area (Å²) in [6.07, 6.45) is 1.29. The van der Waals surface area contributed by atoms with Crippen molar-refractivity contribution in [3.8, 4) is 0 Å². The molecule has 0 saturated carbocycles. The zero-order valence-electron chi connectivity index (χ0n) is 11.7. The van der Waals surface area contributed by atoms with E-state index in [1.807, 2.05) is 6.92 Å². The summed E-state index contributed by atoms with van der Waals surface area (Å²) in [7, 11) is 0. The van der Waals surface area contributed by atoms with Crippen LogP contribution in [0.1, 0.15) is 19.8 Å². The predicted molar refractivity (Wildman–Crippen MR) is 69.7 cm³/mol. The van der Waals surface area contributed by atoms with Gasteiger partial charge in [-0.1, -0.05) is 6.92 Å². The molecule has 2 rings (SSSR count). The number of rotatable bonds is 4. The zero-order valence-corrected chi connectivity index (χ0v) is 11.7. The molecule has 1 aliphatic heterocycles. The minimum atomic E-state index is -2.12. The second kappa shape index (κ2) is 6.60. The zero-order chi connectivity index (χ0) is 15.6. The predicted octanol–water partition coefficient (Wildman–Crippen LogP) is 3.21. The van der Waals surface area contributed by atoms with Crippen molar-refractivity contribution in [3.05, 3.63) is 29.1 Å². The molecular weight excluding hydrogens is 291 g/mol. The minimum absolute atomic E-state index is 0.272. The van der Waals surface area contributed by atoms with Crippen LogP contribution < -0.4 is 10.2 Å². The summed E-state index contributed by atoms with van der Waals surface area (Å²) in [6.45, 7) is 4.14. The van der Waals surface area contributed by atoms with Gasteiger partial charge in [-0.3, -0.25) is 0 Å². The van der Waals surface area contributed by atoms with E-state index in [4.69, 9.17) is 0 Å². The van der Waals surface area contributed by atoms with E-state index < -0.39 is 34.8 Å². The van der Waals surface area contributed by atoms with Gasteiger partial charge in [0.25, 0.3) is 0 Å². The van der Waals surface area contributed by atoms with Crippen LogP contribution in [0, 0.1) is 35.0 Å². The van der Waals surface area contributed by atoms with Crippen molar-refractivity contribution >= 4 is 5.69 Å². The maximum absolute atomic E-state index is 13.7. The molecule has 0 spiro atoms. The Balaban J connectivity index is 2.17. The molecule has 0 radical (unpaired) electrons. The molecule has 1 fully saturated rings. The summed E-state index contributed by atoms with van der Waals surface area (Å²) >= 11 is 0. The molecule has 0 unspecified atom stereocenters. The maximum Gasteiger partial charge on any atom is 0.200 e. The van der Waals surface area contributed by atoms with Crippen LogP contribution in [-0.2, 0) is 0 Å². The van der Waals surface area contributed by atoms with E-state index in [-0.39, 0.29) is 13.1 Å². The van der Waals surface area contributed by atoms with Gasteiger partial charge in [-0.25, -0.2) is 22.0 Å². The van der Waals surface area contributed by atoms with Crippen molar-refractivity contribution in [1.29, 1.82) is 0 Å². The Morgan fingerprint density at radius 1 is 0.905 bits per heavy atom. The highest BCUT2D eigenvalue weighted by Crippen LogP contribution is 2.32. The fourth-order valence-electron chi connectivity index (χ4n) is 2.58. The molecule has 2 nitrogen and oxygen atoms in total. The van der Waals surface area contributed by atoms with Crippen molar-refractivity contribution in [3.63, 3.8) is 0 Å². The molecule has 21 heavy (non-hydrogen) atoms. The lowest BCUT2D eigenvalue weighted by Gasteiger charge is -2.34. The van der Waals surface area contributed by atoms with Gasteiger partial charge in [0.2, 0.25) is 5.82 Å². The molecule has 0 aromatic heterocycles. The summed E-state index contributed by atoms with van der Waals surface area (Å²) in [6, 6.07) is 0. The van der Waals surface area contributed by atoms with Crippen molar-refractivity contribution in [1.82, 2.24) is 5.32 Å².